The number of aromatic carboxylic acids is 1. The third-order valence-electron chi connectivity index (χ3n) is 3.03. The molecule has 0 bridgehead atoms. The second-order valence-corrected chi connectivity index (χ2v) is 6.40. The first-order chi connectivity index (χ1) is 9.37. The Morgan fingerprint density at radius 3 is 2.65 bits per heavy atom. The van der Waals surface area contributed by atoms with Crippen LogP contribution in [0.2, 0.25) is 0 Å². The minimum Gasteiger partial charge on any atom is -0.478 e. The first-order valence-corrected chi connectivity index (χ1v) is 7.47. The van der Waals surface area contributed by atoms with E-state index in [0.717, 1.165) is 22.5 Å². The predicted octanol–water partition coefficient (Wildman–Crippen LogP) is 1.86. The third kappa shape index (κ3) is 2.73. The SMILES string of the molecule is C=CCN(C1CC1)S(=O)(=O)c1cc(C(=O)O)ccc1F. The Bertz CT molecular complexity index is 652. The molecule has 108 valence electrons. The normalized spacial score (nSPS) is 15.3. The lowest BCUT2D eigenvalue weighted by Gasteiger charge is -2.20. The van der Waals surface area contributed by atoms with Crippen LogP contribution >= 0.6 is 0 Å². The monoisotopic (exact) mass is 299 g/mol. The summed E-state index contributed by atoms with van der Waals surface area (Å²) in [6, 6.07) is 2.58. The predicted molar refractivity (Wildman–Crippen MR) is 70.5 cm³/mol. The number of carboxylic acids is 1. The molecule has 2 rings (SSSR count). The molecule has 1 N–H and O–H groups in total. The number of halogens is 1. The number of hydrogen-bond acceptors (Lipinski definition) is 3. The summed E-state index contributed by atoms with van der Waals surface area (Å²) in [5, 5.41) is 8.88. The van der Waals surface area contributed by atoms with Gasteiger partial charge >= 0.3 is 5.97 Å². The standard InChI is InChI=1S/C13H14FNO4S/c1-2-7-15(10-4-5-10)20(18,19)12-8-9(13(16)17)3-6-11(12)14/h2-3,6,8,10H,1,4-5,7H2,(H,16,17). The van der Waals surface area contributed by atoms with Crippen LogP contribution in [0.4, 0.5) is 4.39 Å². The van der Waals surface area contributed by atoms with Gasteiger partial charge in [0.25, 0.3) is 0 Å². The first kappa shape index (κ1) is 14.7. The van der Waals surface area contributed by atoms with Crippen LogP contribution in [0.1, 0.15) is 23.2 Å². The molecule has 0 atom stereocenters. The summed E-state index contributed by atoms with van der Waals surface area (Å²) in [5.41, 5.74) is -0.265. The zero-order valence-corrected chi connectivity index (χ0v) is 11.4. The summed E-state index contributed by atoms with van der Waals surface area (Å²) in [6.07, 6.45) is 2.86. The van der Waals surface area contributed by atoms with Crippen LogP contribution in [0.5, 0.6) is 0 Å². The van der Waals surface area contributed by atoms with Gasteiger partial charge < -0.3 is 5.11 Å². The molecule has 1 fully saturated rings. The molecule has 1 saturated carbocycles. The van der Waals surface area contributed by atoms with Crippen molar-refractivity contribution in [3.8, 4) is 0 Å². The molecule has 0 radical (unpaired) electrons. The molecule has 1 aromatic carbocycles. The largest absolute Gasteiger partial charge is 0.478 e. The van der Waals surface area contributed by atoms with Crippen LogP contribution in [0.15, 0.2) is 35.7 Å². The van der Waals surface area contributed by atoms with Gasteiger partial charge in [0.15, 0.2) is 0 Å². The zero-order chi connectivity index (χ0) is 14.9. The fourth-order valence-electron chi connectivity index (χ4n) is 1.89. The smallest absolute Gasteiger partial charge is 0.335 e. The molecule has 0 aliphatic heterocycles. The van der Waals surface area contributed by atoms with Crippen molar-refractivity contribution in [2.45, 2.75) is 23.8 Å². The summed E-state index contributed by atoms with van der Waals surface area (Å²) in [7, 11) is -4.06. The summed E-state index contributed by atoms with van der Waals surface area (Å²) in [6.45, 7) is 3.57. The maximum absolute atomic E-state index is 13.8. The molecular formula is C13H14FNO4S. The number of rotatable bonds is 6. The first-order valence-electron chi connectivity index (χ1n) is 6.03. The van der Waals surface area contributed by atoms with Crippen molar-refractivity contribution in [3.05, 3.63) is 42.2 Å². The quantitative estimate of drug-likeness (QED) is 0.814. The Labute approximate surface area is 116 Å². The molecule has 0 saturated heterocycles. The van der Waals surface area contributed by atoms with Gasteiger partial charge in [-0.15, -0.1) is 6.58 Å². The molecule has 0 aromatic heterocycles. The summed E-state index contributed by atoms with van der Waals surface area (Å²) in [5.74, 6) is -2.26. The van der Waals surface area contributed by atoms with E-state index < -0.39 is 26.7 Å². The van der Waals surface area contributed by atoms with Crippen LogP contribution in [0.3, 0.4) is 0 Å². The number of nitrogens with zero attached hydrogens (tertiary/aromatic N) is 1. The molecule has 20 heavy (non-hydrogen) atoms. The van der Waals surface area contributed by atoms with Crippen molar-refractivity contribution in [3.63, 3.8) is 0 Å². The van der Waals surface area contributed by atoms with Crippen LogP contribution in [0.25, 0.3) is 0 Å². The lowest BCUT2D eigenvalue weighted by Crippen LogP contribution is -2.34. The van der Waals surface area contributed by atoms with Crippen LogP contribution < -0.4 is 0 Å². The van der Waals surface area contributed by atoms with E-state index >= 15 is 0 Å². The molecule has 1 aromatic rings. The molecule has 7 heteroatoms. The Hall–Kier alpha value is -1.73. The molecule has 1 aliphatic carbocycles. The van der Waals surface area contributed by atoms with Crippen molar-refractivity contribution in [1.82, 2.24) is 4.31 Å². The van der Waals surface area contributed by atoms with Crippen molar-refractivity contribution < 1.29 is 22.7 Å². The third-order valence-corrected chi connectivity index (χ3v) is 4.96. The highest BCUT2D eigenvalue weighted by molar-refractivity contribution is 7.89. The fourth-order valence-corrected chi connectivity index (χ4v) is 3.64. The second-order valence-electron chi connectivity index (χ2n) is 4.54. The van der Waals surface area contributed by atoms with Gasteiger partial charge in [-0.25, -0.2) is 17.6 Å². The summed E-state index contributed by atoms with van der Waals surface area (Å²) in [4.78, 5) is 10.3. The van der Waals surface area contributed by atoms with Gasteiger partial charge in [-0.05, 0) is 31.0 Å². The van der Waals surface area contributed by atoms with Crippen LogP contribution in [0, 0.1) is 5.82 Å². The van der Waals surface area contributed by atoms with Gasteiger partial charge in [-0.2, -0.15) is 4.31 Å². The van der Waals surface area contributed by atoms with E-state index in [4.69, 9.17) is 5.11 Å². The van der Waals surface area contributed by atoms with Gasteiger partial charge in [-0.3, -0.25) is 0 Å². The maximum Gasteiger partial charge on any atom is 0.335 e. The van der Waals surface area contributed by atoms with Gasteiger partial charge in [0.05, 0.1) is 5.56 Å². The Morgan fingerprint density at radius 1 is 1.50 bits per heavy atom. The average molecular weight is 299 g/mol. The summed E-state index contributed by atoms with van der Waals surface area (Å²) < 4.78 is 39.8. The van der Waals surface area contributed by atoms with Crippen molar-refractivity contribution in [2.75, 3.05) is 6.54 Å². The van der Waals surface area contributed by atoms with Crippen molar-refractivity contribution in [2.24, 2.45) is 0 Å². The molecule has 5 nitrogen and oxygen atoms in total. The molecule has 0 amide bonds. The van der Waals surface area contributed by atoms with Crippen molar-refractivity contribution in [1.29, 1.82) is 0 Å². The summed E-state index contributed by atoms with van der Waals surface area (Å²) >= 11 is 0. The number of hydrogen-bond donors (Lipinski definition) is 1. The number of benzene rings is 1. The van der Waals surface area contributed by atoms with E-state index in [9.17, 15) is 17.6 Å². The van der Waals surface area contributed by atoms with Crippen LogP contribution in [-0.2, 0) is 10.0 Å². The lowest BCUT2D eigenvalue weighted by atomic mass is 10.2. The van der Waals surface area contributed by atoms with Crippen LogP contribution in [-0.4, -0.2) is 36.4 Å². The number of carboxylic acid groups (broad SMARTS) is 1. The van der Waals surface area contributed by atoms with Gasteiger partial charge in [0.1, 0.15) is 10.7 Å². The topological polar surface area (TPSA) is 74.7 Å². The molecule has 0 heterocycles. The molecular weight excluding hydrogens is 285 g/mol. The Balaban J connectivity index is 2.49. The highest BCUT2D eigenvalue weighted by Crippen LogP contribution is 2.32. The zero-order valence-electron chi connectivity index (χ0n) is 10.6. The Morgan fingerprint density at radius 2 is 2.15 bits per heavy atom. The van der Waals surface area contributed by atoms with E-state index in [1.807, 2.05) is 0 Å². The van der Waals surface area contributed by atoms with E-state index in [1.165, 1.54) is 6.08 Å². The highest BCUT2D eigenvalue weighted by Gasteiger charge is 2.38. The lowest BCUT2D eigenvalue weighted by molar-refractivity contribution is 0.0696. The van der Waals surface area contributed by atoms with E-state index in [-0.39, 0.29) is 18.2 Å². The van der Waals surface area contributed by atoms with Gasteiger partial charge in [-0.1, -0.05) is 6.08 Å². The Kier molecular flexibility index (Phi) is 3.92. The molecule has 0 spiro atoms. The van der Waals surface area contributed by atoms with Crippen molar-refractivity contribution >= 4 is 16.0 Å². The fraction of sp³-hybridized carbons (Fsp3) is 0.308. The van der Waals surface area contributed by atoms with Gasteiger partial charge in [0.2, 0.25) is 10.0 Å². The maximum atomic E-state index is 13.8. The number of carbonyl (C=O) groups is 1. The minimum absolute atomic E-state index is 0.0732. The van der Waals surface area contributed by atoms with E-state index in [1.54, 1.807) is 0 Å². The van der Waals surface area contributed by atoms with E-state index in [2.05, 4.69) is 6.58 Å². The number of sulfonamides is 1. The average Bonchev–Trinajstić information content (AvgIpc) is 3.19. The molecule has 0 unspecified atom stereocenters. The second kappa shape index (κ2) is 5.34. The van der Waals surface area contributed by atoms with E-state index in [0.29, 0.717) is 12.8 Å². The minimum atomic E-state index is -4.06. The van der Waals surface area contributed by atoms with Gasteiger partial charge in [0, 0.05) is 12.6 Å². The molecule has 1 aliphatic rings. The highest BCUT2D eigenvalue weighted by atomic mass is 32.2.